The van der Waals surface area contributed by atoms with Crippen molar-refractivity contribution in [3.8, 4) is 0 Å². The maximum Gasteiger partial charge on any atom is 0.129 e. The Balaban J connectivity index is 0.000000296. The highest BCUT2D eigenvalue weighted by Gasteiger charge is 2.05. The van der Waals surface area contributed by atoms with Gasteiger partial charge in [0.1, 0.15) is 35.4 Å². The van der Waals surface area contributed by atoms with Gasteiger partial charge in [0.2, 0.25) is 0 Å². The Morgan fingerprint density at radius 2 is 0.806 bits per heavy atom. The van der Waals surface area contributed by atoms with Gasteiger partial charge in [-0.05, 0) is 275 Å². The molecule has 5 aromatic carbocycles. The Morgan fingerprint density at radius 1 is 0.378 bits per heavy atom. The molecule has 13 rings (SSSR count). The highest BCUT2D eigenvalue weighted by molar-refractivity contribution is 6.07. The van der Waals surface area contributed by atoms with E-state index in [0.717, 1.165) is 75.3 Å². The van der Waals surface area contributed by atoms with E-state index in [4.69, 9.17) is 11.3 Å². The molecular formula is C86H109N11O. The first-order valence-corrected chi connectivity index (χ1v) is 33.0. The summed E-state index contributed by atoms with van der Waals surface area (Å²) in [5.41, 5.74) is 25.1. The van der Waals surface area contributed by atoms with E-state index in [1.807, 2.05) is 139 Å². The first-order chi connectivity index (χ1) is 48.6. The van der Waals surface area contributed by atoms with Gasteiger partial charge in [-0.2, -0.15) is 0 Å². The quantitative estimate of drug-likeness (QED) is 0.155. The predicted molar refractivity (Wildman–Crippen MR) is 413 cm³/mol. The van der Waals surface area contributed by atoms with Gasteiger partial charge < -0.3 is 8.98 Å². The van der Waals surface area contributed by atoms with Gasteiger partial charge in [-0.15, -0.1) is 0 Å². The van der Waals surface area contributed by atoms with Crippen LogP contribution in [0.25, 0.3) is 21.8 Å². The molecule has 0 saturated carbocycles. The maximum atomic E-state index is 7.31. The molecule has 8 aromatic heterocycles. The Morgan fingerprint density at radius 3 is 1.17 bits per heavy atom. The fourth-order valence-electron chi connectivity index (χ4n) is 9.32. The van der Waals surface area contributed by atoms with Crippen molar-refractivity contribution < 1.29 is 11.3 Å². The molecule has 0 bridgehead atoms. The van der Waals surface area contributed by atoms with Gasteiger partial charge >= 0.3 is 0 Å². The zero-order valence-corrected chi connectivity index (χ0v) is 63.1. The lowest BCUT2D eigenvalue weighted by molar-refractivity contribution is 0.534. The van der Waals surface area contributed by atoms with Crippen molar-refractivity contribution in [3.63, 3.8) is 0 Å². The van der Waals surface area contributed by atoms with E-state index < -0.39 is 0 Å². The lowest BCUT2D eigenvalue weighted by atomic mass is 10.1. The predicted octanol–water partition coefficient (Wildman–Crippen LogP) is 21.4. The smallest absolute Gasteiger partial charge is 0.129 e. The molecule has 12 nitrogen and oxygen atoms in total. The summed E-state index contributed by atoms with van der Waals surface area (Å²) >= 11 is 0. The summed E-state index contributed by atoms with van der Waals surface area (Å²) in [4.78, 5) is 40.8. The molecule has 0 saturated heterocycles. The van der Waals surface area contributed by atoms with Gasteiger partial charge in [0.25, 0.3) is 0 Å². The number of furan rings is 1. The van der Waals surface area contributed by atoms with Crippen molar-refractivity contribution in [1.29, 1.82) is 0 Å². The summed E-state index contributed by atoms with van der Waals surface area (Å²) in [6.07, 6.45) is 10.0. The first kappa shape index (κ1) is 73.6. The van der Waals surface area contributed by atoms with E-state index in [-0.39, 0.29) is 30.2 Å². The summed E-state index contributed by atoms with van der Waals surface area (Å²) in [6, 6.07) is 44.7. The first-order valence-electron chi connectivity index (χ1n) is 35.5. The lowest BCUT2D eigenvalue weighted by Crippen LogP contribution is -1.97. The summed E-state index contributed by atoms with van der Waals surface area (Å²) in [6.45, 7) is 48.1. The number of nitrogens with zero attached hydrogens (tertiary/aromatic N) is 11. The molecular weight excluding hydrogens is 1200 g/mol. The molecule has 0 unspecified atom stereocenters. The number of aromatic nitrogens is 11. The minimum absolute atomic E-state index is 0.124. The summed E-state index contributed by atoms with van der Waals surface area (Å²) in [5.74, 6) is 4.20. The Bertz CT molecular complexity index is 4040. The SMILES string of the molecule is CCc1ccccc1.Cc1cc(C)nc(C)c1.Cc1cc(C)nc(C)n1.Cc1cccc(C)c1C.Cc1ccco1.Cc1ccnc(C)c1C.Cc1cncc(C)c1C.Cc1nc(C)nc(C)n1.Cc1ncnc(C)c1C.Cn1c2ccccc2c2ccccc21.[2H]c1c([2H])c([2H])c(C)c([2H])c1[2H]. The van der Waals surface area contributed by atoms with Gasteiger partial charge in [-0.25, -0.2) is 34.9 Å². The van der Waals surface area contributed by atoms with Crippen molar-refractivity contribution in [2.24, 2.45) is 7.05 Å². The van der Waals surface area contributed by atoms with Gasteiger partial charge in [0, 0.05) is 87.3 Å². The van der Waals surface area contributed by atoms with E-state index in [9.17, 15) is 0 Å². The molecule has 0 spiro atoms. The van der Waals surface area contributed by atoms with Gasteiger partial charge in [0.15, 0.2) is 0 Å². The molecule has 98 heavy (non-hydrogen) atoms. The van der Waals surface area contributed by atoms with Gasteiger partial charge in [-0.1, -0.05) is 128 Å². The number of para-hydroxylation sites is 2. The largest absolute Gasteiger partial charge is 0.470 e. The van der Waals surface area contributed by atoms with E-state index in [2.05, 4.69) is 234 Å². The van der Waals surface area contributed by atoms with Crippen LogP contribution < -0.4 is 0 Å². The molecule has 0 aliphatic rings. The number of aryl methyl sites for hydroxylation is 20. The number of hydrogen-bond acceptors (Lipinski definition) is 11. The average Bonchev–Trinajstić information content (AvgIpc) is 1.64. The van der Waals surface area contributed by atoms with Gasteiger partial charge in [0.05, 0.1) is 13.1 Å². The third-order valence-corrected chi connectivity index (χ3v) is 15.6. The number of hydrogen-bond donors (Lipinski definition) is 0. The van der Waals surface area contributed by atoms with Crippen LogP contribution in [0.1, 0.15) is 149 Å². The topological polar surface area (TPSA) is 147 Å². The fourth-order valence-corrected chi connectivity index (χ4v) is 9.32. The summed E-state index contributed by atoms with van der Waals surface area (Å²) < 4.78 is 43.4. The Kier molecular flexibility index (Phi) is 32.9. The number of benzene rings is 5. The minimum Gasteiger partial charge on any atom is -0.470 e. The van der Waals surface area contributed by atoms with Crippen LogP contribution >= 0.6 is 0 Å². The second-order valence-electron chi connectivity index (χ2n) is 23.9. The molecule has 514 valence electrons. The summed E-state index contributed by atoms with van der Waals surface area (Å²) in [7, 11) is 2.12. The van der Waals surface area contributed by atoms with Crippen molar-refractivity contribution in [1.82, 2.24) is 54.4 Å². The molecule has 0 aliphatic carbocycles. The lowest BCUT2D eigenvalue weighted by Gasteiger charge is -2.00. The van der Waals surface area contributed by atoms with Crippen LogP contribution in [-0.4, -0.2) is 54.4 Å². The standard InChI is InChI=1S/C13H11N.C9H12.3C8H11N.C8H10.2C7H10N2.C7H8.C6H9N3.C5H6O/c1-14-12-8-4-2-6-10(12)11-7-3-5-9-13(11)14;1-7-5-4-6-8(2)9(7)3;1-6-4-9-5-7(2)8(6)3;1-6-4-7(2)9-8(3)5-6;1-6-4-5-9-8(3)7(6)2;1-2-8-6-4-3-5-7-8;1-5-6(2)8-4-9-7(5)3;1-5-4-6(2)9-7(3)8-5;1-7-5-3-2-4-6-7;1-4-7-5(2)9-6(3)8-4;1-5-3-2-4-6-5/h2-9H,1H3;4-6H,1-3H3;3*4-5H,1-3H3;3-7H,2H2,1H3;2*4H,1-3H3;2-6H,1H3;1-3H3;2-4H,1H3/i;;;;;;;;2D,3D,4D,5D,6D;;. The van der Waals surface area contributed by atoms with Crippen LogP contribution in [0.4, 0.5) is 0 Å². The molecule has 0 radical (unpaired) electrons. The van der Waals surface area contributed by atoms with Crippen molar-refractivity contribution in [2.75, 3.05) is 0 Å². The van der Waals surface area contributed by atoms with Crippen LogP contribution in [0.2, 0.25) is 0 Å². The Hall–Kier alpha value is -10.2. The molecule has 0 fully saturated rings. The van der Waals surface area contributed by atoms with Crippen LogP contribution in [-0.2, 0) is 13.5 Å². The average molecular weight is 1320 g/mol. The van der Waals surface area contributed by atoms with Crippen molar-refractivity contribution in [2.45, 2.75) is 173 Å². The number of rotatable bonds is 1. The fraction of sp³-hybridized carbons (Fsp3) is 0.302. The summed E-state index contributed by atoms with van der Waals surface area (Å²) in [5, 5.41) is 2.68. The second-order valence-corrected chi connectivity index (χ2v) is 23.9. The minimum atomic E-state index is -0.337. The maximum absolute atomic E-state index is 7.31. The third-order valence-electron chi connectivity index (χ3n) is 15.6. The number of pyridine rings is 3. The van der Waals surface area contributed by atoms with E-state index in [1.54, 1.807) is 12.6 Å². The van der Waals surface area contributed by atoms with E-state index >= 15 is 0 Å². The van der Waals surface area contributed by atoms with E-state index in [0.29, 0.717) is 5.56 Å². The van der Waals surface area contributed by atoms with Gasteiger partial charge in [-0.3, -0.25) is 15.0 Å². The highest BCUT2D eigenvalue weighted by Crippen LogP contribution is 2.27. The third kappa shape index (κ3) is 31.1. The van der Waals surface area contributed by atoms with Crippen LogP contribution in [0.15, 0.2) is 199 Å². The molecule has 12 heteroatoms. The van der Waals surface area contributed by atoms with Crippen LogP contribution in [0.5, 0.6) is 0 Å². The number of fused-ring (bicyclic) bond motifs is 3. The van der Waals surface area contributed by atoms with Crippen LogP contribution in [0.3, 0.4) is 0 Å². The molecule has 8 heterocycles. The second kappa shape index (κ2) is 43.8. The molecule has 0 amide bonds. The molecule has 13 aromatic rings. The Labute approximate surface area is 594 Å². The molecule has 0 N–H and O–H groups in total. The molecule has 0 aliphatic heterocycles. The zero-order chi connectivity index (χ0) is 77.2. The monoisotopic (exact) mass is 1320 g/mol. The van der Waals surface area contributed by atoms with Crippen molar-refractivity contribution in [3.05, 3.63) is 331 Å². The zero-order valence-electron chi connectivity index (χ0n) is 68.1. The van der Waals surface area contributed by atoms with Crippen LogP contribution in [0, 0.1) is 159 Å². The highest BCUT2D eigenvalue weighted by atomic mass is 16.3. The van der Waals surface area contributed by atoms with Crippen molar-refractivity contribution >= 4 is 21.8 Å². The normalized spacial score (nSPS) is 10.4. The molecule has 0 atom stereocenters. The van der Waals surface area contributed by atoms with E-state index in [1.165, 1.54) is 89.9 Å².